The molecule has 1 heterocycles. The van der Waals surface area contributed by atoms with E-state index in [9.17, 15) is 8.78 Å². The van der Waals surface area contributed by atoms with Crippen LogP contribution in [0.3, 0.4) is 0 Å². The number of aromatic nitrogens is 3. The third-order valence-corrected chi connectivity index (χ3v) is 4.97. The molecule has 31 heavy (non-hydrogen) atoms. The molecule has 2 N–H and O–H groups in total. The Balaban J connectivity index is 1.76. The number of aryl methyl sites for hydroxylation is 1. The van der Waals surface area contributed by atoms with E-state index in [4.69, 9.17) is 4.74 Å². The molecule has 0 spiro atoms. The molecule has 3 rings (SSSR count). The fourth-order valence-electron chi connectivity index (χ4n) is 2.89. The van der Waals surface area contributed by atoms with E-state index in [2.05, 4.69) is 25.8 Å². The smallest absolute Gasteiger partial charge is 0.192 e. The van der Waals surface area contributed by atoms with E-state index in [1.807, 2.05) is 49.7 Å². The number of benzene rings is 2. The molecule has 3 aromatic rings. The minimum Gasteiger partial charge on any atom is -0.497 e. The number of nitrogens with zero attached hydrogens (tertiary/aromatic N) is 4. The van der Waals surface area contributed by atoms with E-state index in [1.54, 1.807) is 13.2 Å². The number of halogens is 2. The number of guanidine groups is 1. The van der Waals surface area contributed by atoms with Gasteiger partial charge in [-0.05, 0) is 49.2 Å². The van der Waals surface area contributed by atoms with Crippen molar-refractivity contribution in [3.63, 3.8) is 0 Å². The molecule has 2 aromatic carbocycles. The fraction of sp³-hybridized carbons (Fsp3) is 0.318. The summed E-state index contributed by atoms with van der Waals surface area (Å²) in [7, 11) is 3.50. The predicted octanol–water partition coefficient (Wildman–Crippen LogP) is 3.41. The fourth-order valence-corrected chi connectivity index (χ4v) is 2.89. The molecule has 0 aliphatic rings. The third kappa shape index (κ3) is 5.78. The maximum atomic E-state index is 13.6. The van der Waals surface area contributed by atoms with Gasteiger partial charge >= 0.3 is 0 Å². The molecule has 1 atom stereocenters. The Kier molecular flexibility index (Phi) is 7.17. The van der Waals surface area contributed by atoms with Gasteiger partial charge in [0.2, 0.25) is 0 Å². The van der Waals surface area contributed by atoms with Gasteiger partial charge in [0.1, 0.15) is 11.6 Å². The Labute approximate surface area is 180 Å². The zero-order valence-corrected chi connectivity index (χ0v) is 18.0. The molecular weight excluding hydrogens is 402 g/mol. The number of hydrogen-bond donors (Lipinski definition) is 2. The van der Waals surface area contributed by atoms with Crippen LogP contribution in [-0.4, -0.2) is 27.8 Å². The summed E-state index contributed by atoms with van der Waals surface area (Å²) < 4.78 is 34.0. The zero-order chi connectivity index (χ0) is 22.4. The first kappa shape index (κ1) is 22.2. The highest BCUT2D eigenvalue weighted by Crippen LogP contribution is 2.16. The van der Waals surface area contributed by atoms with E-state index < -0.39 is 11.6 Å². The first-order valence-corrected chi connectivity index (χ1v) is 9.85. The molecule has 0 fully saturated rings. The summed E-state index contributed by atoms with van der Waals surface area (Å²) in [4.78, 5) is 4.63. The number of hydrogen-bond acceptors (Lipinski definition) is 4. The van der Waals surface area contributed by atoms with Gasteiger partial charge in [-0.2, -0.15) is 0 Å². The van der Waals surface area contributed by atoms with Gasteiger partial charge in [0.25, 0.3) is 0 Å². The highest BCUT2D eigenvalue weighted by atomic mass is 19.2. The molecule has 0 saturated heterocycles. The Hall–Kier alpha value is -3.49. The molecule has 1 unspecified atom stereocenters. The Morgan fingerprint density at radius 3 is 2.48 bits per heavy atom. The van der Waals surface area contributed by atoms with Crippen molar-refractivity contribution in [1.29, 1.82) is 0 Å². The lowest BCUT2D eigenvalue weighted by molar-refractivity contribution is 0.414. The van der Waals surface area contributed by atoms with Crippen molar-refractivity contribution in [2.75, 3.05) is 7.11 Å². The summed E-state index contributed by atoms with van der Waals surface area (Å²) in [6.45, 7) is 4.54. The predicted molar refractivity (Wildman–Crippen MR) is 115 cm³/mol. The quantitative estimate of drug-likeness (QED) is 0.446. The second-order valence-electron chi connectivity index (χ2n) is 7.13. The van der Waals surface area contributed by atoms with Crippen LogP contribution in [0.1, 0.15) is 35.7 Å². The van der Waals surface area contributed by atoms with Crippen LogP contribution >= 0.6 is 0 Å². The average Bonchev–Trinajstić information content (AvgIpc) is 3.09. The van der Waals surface area contributed by atoms with Crippen molar-refractivity contribution in [3.05, 3.63) is 76.9 Å². The topological polar surface area (TPSA) is 76.4 Å². The lowest BCUT2D eigenvalue weighted by Gasteiger charge is -2.19. The summed E-state index contributed by atoms with van der Waals surface area (Å²) in [5.41, 5.74) is 1.60. The van der Waals surface area contributed by atoms with Gasteiger partial charge in [-0.3, -0.25) is 0 Å². The van der Waals surface area contributed by atoms with Gasteiger partial charge in [0, 0.05) is 7.05 Å². The monoisotopic (exact) mass is 428 g/mol. The standard InChI is InChI=1S/C22H26F2N6O/c1-14(17-7-10-19(23)20(24)11-17)27-22(26-13-21-29-28-15(2)30(21)3)25-12-16-5-8-18(31-4)9-6-16/h5-11,14H,12-13H2,1-4H3,(H2,25,26,27). The van der Waals surface area contributed by atoms with E-state index in [-0.39, 0.29) is 6.04 Å². The highest BCUT2D eigenvalue weighted by molar-refractivity contribution is 5.80. The minimum absolute atomic E-state index is 0.307. The SMILES string of the molecule is COc1ccc(CN=C(NCc2nnc(C)n2C)NC(C)c2ccc(F)c(F)c2)cc1. The molecular formula is C22H26F2N6O. The third-order valence-electron chi connectivity index (χ3n) is 4.97. The Morgan fingerprint density at radius 2 is 1.87 bits per heavy atom. The molecule has 0 saturated carbocycles. The Bertz CT molecular complexity index is 1050. The van der Waals surface area contributed by atoms with Crippen LogP contribution in [0.2, 0.25) is 0 Å². The number of rotatable bonds is 7. The largest absolute Gasteiger partial charge is 0.497 e. The molecule has 164 valence electrons. The van der Waals surface area contributed by atoms with Crippen LogP contribution in [0.15, 0.2) is 47.5 Å². The van der Waals surface area contributed by atoms with E-state index in [0.29, 0.717) is 24.6 Å². The molecule has 7 nitrogen and oxygen atoms in total. The lowest BCUT2D eigenvalue weighted by atomic mass is 10.1. The number of nitrogens with one attached hydrogen (secondary N) is 2. The lowest BCUT2D eigenvalue weighted by Crippen LogP contribution is -2.39. The van der Waals surface area contributed by atoms with E-state index in [0.717, 1.165) is 29.0 Å². The summed E-state index contributed by atoms with van der Waals surface area (Å²) in [5, 5.41) is 14.7. The van der Waals surface area contributed by atoms with Crippen LogP contribution in [0, 0.1) is 18.6 Å². The van der Waals surface area contributed by atoms with Crippen molar-refractivity contribution in [1.82, 2.24) is 25.4 Å². The summed E-state index contributed by atoms with van der Waals surface area (Å²) in [6, 6.07) is 11.2. The average molecular weight is 428 g/mol. The van der Waals surface area contributed by atoms with Gasteiger partial charge in [-0.25, -0.2) is 13.8 Å². The molecule has 0 amide bonds. The number of ether oxygens (including phenoxy) is 1. The van der Waals surface area contributed by atoms with Crippen LogP contribution in [0.4, 0.5) is 8.78 Å². The molecule has 0 radical (unpaired) electrons. The first-order chi connectivity index (χ1) is 14.9. The van der Waals surface area contributed by atoms with E-state index in [1.165, 1.54) is 6.07 Å². The van der Waals surface area contributed by atoms with Gasteiger partial charge in [0.05, 0.1) is 26.2 Å². The van der Waals surface area contributed by atoms with Crippen molar-refractivity contribution in [2.45, 2.75) is 33.0 Å². The van der Waals surface area contributed by atoms with Crippen molar-refractivity contribution in [2.24, 2.45) is 12.0 Å². The van der Waals surface area contributed by atoms with Gasteiger partial charge in [0.15, 0.2) is 23.4 Å². The van der Waals surface area contributed by atoms with Crippen LogP contribution in [-0.2, 0) is 20.1 Å². The van der Waals surface area contributed by atoms with Crippen LogP contribution < -0.4 is 15.4 Å². The number of aliphatic imine (C=N–C) groups is 1. The zero-order valence-electron chi connectivity index (χ0n) is 18.0. The van der Waals surface area contributed by atoms with Crippen LogP contribution in [0.5, 0.6) is 5.75 Å². The van der Waals surface area contributed by atoms with Crippen LogP contribution in [0.25, 0.3) is 0 Å². The maximum Gasteiger partial charge on any atom is 0.192 e. The second-order valence-corrected chi connectivity index (χ2v) is 7.13. The summed E-state index contributed by atoms with van der Waals surface area (Å²) in [6.07, 6.45) is 0. The summed E-state index contributed by atoms with van der Waals surface area (Å²) in [5.74, 6) is 1.07. The maximum absolute atomic E-state index is 13.6. The van der Waals surface area contributed by atoms with Gasteiger partial charge < -0.3 is 19.9 Å². The second kappa shape index (κ2) is 10.0. The first-order valence-electron chi connectivity index (χ1n) is 9.85. The Morgan fingerprint density at radius 1 is 1.13 bits per heavy atom. The molecule has 9 heteroatoms. The highest BCUT2D eigenvalue weighted by Gasteiger charge is 2.12. The molecule has 0 bridgehead atoms. The minimum atomic E-state index is -0.884. The van der Waals surface area contributed by atoms with Gasteiger partial charge in [-0.1, -0.05) is 18.2 Å². The van der Waals surface area contributed by atoms with E-state index >= 15 is 0 Å². The number of methoxy groups -OCH3 is 1. The normalized spacial score (nSPS) is 12.5. The van der Waals surface area contributed by atoms with Gasteiger partial charge in [-0.15, -0.1) is 10.2 Å². The molecule has 0 aliphatic heterocycles. The van der Waals surface area contributed by atoms with Crippen molar-refractivity contribution in [3.8, 4) is 5.75 Å². The van der Waals surface area contributed by atoms with Crippen molar-refractivity contribution < 1.29 is 13.5 Å². The summed E-state index contributed by atoms with van der Waals surface area (Å²) >= 11 is 0. The molecule has 0 aliphatic carbocycles. The molecule has 1 aromatic heterocycles. The van der Waals surface area contributed by atoms with Crippen molar-refractivity contribution >= 4 is 5.96 Å².